The Balaban J connectivity index is 2.41. The Kier molecular flexibility index (Phi) is 1.55. The SMILES string of the molecule is O=C1Cc2cc(CO)cnc2N1. The third kappa shape index (κ3) is 1.06. The predicted molar refractivity (Wildman–Crippen MR) is 42.5 cm³/mol. The van der Waals surface area contributed by atoms with Gasteiger partial charge in [-0.25, -0.2) is 4.98 Å². The Morgan fingerprint density at radius 1 is 1.67 bits per heavy atom. The van der Waals surface area contributed by atoms with Gasteiger partial charge in [-0.1, -0.05) is 0 Å². The molecule has 0 unspecified atom stereocenters. The molecular weight excluding hydrogens is 156 g/mol. The van der Waals surface area contributed by atoms with Crippen molar-refractivity contribution < 1.29 is 9.90 Å². The largest absolute Gasteiger partial charge is 0.392 e. The predicted octanol–water partition coefficient (Wildman–Crippen LogP) is 0.0685. The van der Waals surface area contributed by atoms with Crippen LogP contribution in [-0.4, -0.2) is 16.0 Å². The van der Waals surface area contributed by atoms with E-state index in [9.17, 15) is 4.79 Å². The molecule has 12 heavy (non-hydrogen) atoms. The minimum atomic E-state index is -0.0346. The number of nitrogens with zero attached hydrogens (tertiary/aromatic N) is 1. The van der Waals surface area contributed by atoms with Crippen molar-refractivity contribution >= 4 is 11.7 Å². The van der Waals surface area contributed by atoms with Crippen LogP contribution in [0.25, 0.3) is 0 Å². The number of aliphatic hydroxyl groups excluding tert-OH is 1. The van der Waals surface area contributed by atoms with Gasteiger partial charge in [-0.2, -0.15) is 0 Å². The molecular formula is C8H8N2O2. The van der Waals surface area contributed by atoms with Crippen molar-refractivity contribution in [1.82, 2.24) is 4.98 Å². The van der Waals surface area contributed by atoms with Crippen molar-refractivity contribution in [3.05, 3.63) is 23.4 Å². The van der Waals surface area contributed by atoms with Crippen molar-refractivity contribution in [2.45, 2.75) is 13.0 Å². The van der Waals surface area contributed by atoms with Crippen molar-refractivity contribution in [3.8, 4) is 0 Å². The Morgan fingerprint density at radius 3 is 3.25 bits per heavy atom. The summed E-state index contributed by atoms with van der Waals surface area (Å²) in [6.07, 6.45) is 1.93. The third-order valence-corrected chi connectivity index (χ3v) is 1.81. The van der Waals surface area contributed by atoms with E-state index in [-0.39, 0.29) is 12.5 Å². The number of aliphatic hydroxyl groups is 1. The average molecular weight is 164 g/mol. The van der Waals surface area contributed by atoms with Crippen molar-refractivity contribution in [1.29, 1.82) is 0 Å². The van der Waals surface area contributed by atoms with Crippen LogP contribution in [0.3, 0.4) is 0 Å². The molecule has 0 aromatic carbocycles. The van der Waals surface area contributed by atoms with Crippen LogP contribution in [0.2, 0.25) is 0 Å². The lowest BCUT2D eigenvalue weighted by atomic mass is 10.2. The van der Waals surface area contributed by atoms with E-state index >= 15 is 0 Å². The lowest BCUT2D eigenvalue weighted by Crippen LogP contribution is -2.04. The van der Waals surface area contributed by atoms with E-state index in [0.717, 1.165) is 11.1 Å². The molecule has 62 valence electrons. The number of fused-ring (bicyclic) bond motifs is 1. The van der Waals surface area contributed by atoms with Gasteiger partial charge in [0.25, 0.3) is 0 Å². The first-order chi connectivity index (χ1) is 5.79. The molecule has 1 aromatic rings. The van der Waals surface area contributed by atoms with Crippen molar-refractivity contribution in [3.63, 3.8) is 0 Å². The molecule has 0 fully saturated rings. The van der Waals surface area contributed by atoms with Gasteiger partial charge in [0.15, 0.2) is 0 Å². The fraction of sp³-hybridized carbons (Fsp3) is 0.250. The van der Waals surface area contributed by atoms with Gasteiger partial charge in [0, 0.05) is 11.8 Å². The maximum atomic E-state index is 10.9. The molecule has 0 saturated heterocycles. The zero-order valence-electron chi connectivity index (χ0n) is 6.37. The van der Waals surface area contributed by atoms with Gasteiger partial charge in [-0.3, -0.25) is 4.79 Å². The van der Waals surface area contributed by atoms with Gasteiger partial charge < -0.3 is 10.4 Å². The second kappa shape index (κ2) is 2.57. The average Bonchev–Trinajstić information content (AvgIpc) is 2.43. The molecule has 2 heterocycles. The molecule has 2 rings (SSSR count). The van der Waals surface area contributed by atoms with Crippen LogP contribution in [0.15, 0.2) is 12.3 Å². The topological polar surface area (TPSA) is 62.2 Å². The molecule has 1 aromatic heterocycles. The summed E-state index contributed by atoms with van der Waals surface area (Å²) < 4.78 is 0. The number of carbonyl (C=O) groups excluding carboxylic acids is 1. The monoisotopic (exact) mass is 164 g/mol. The Labute approximate surface area is 69.2 Å². The van der Waals surface area contributed by atoms with Gasteiger partial charge in [-0.15, -0.1) is 0 Å². The van der Waals surface area contributed by atoms with Crippen LogP contribution in [0.4, 0.5) is 5.82 Å². The molecule has 1 amide bonds. The molecule has 0 saturated carbocycles. The summed E-state index contributed by atoms with van der Waals surface area (Å²) in [6, 6.07) is 1.79. The number of rotatable bonds is 1. The zero-order chi connectivity index (χ0) is 8.55. The van der Waals surface area contributed by atoms with Crippen LogP contribution in [0, 0.1) is 0 Å². The number of hydrogen-bond donors (Lipinski definition) is 2. The Bertz CT molecular complexity index is 336. The zero-order valence-corrected chi connectivity index (χ0v) is 6.37. The van der Waals surface area contributed by atoms with Crippen LogP contribution in [0.5, 0.6) is 0 Å². The summed E-state index contributed by atoms with van der Waals surface area (Å²) in [5.41, 5.74) is 1.61. The smallest absolute Gasteiger partial charge is 0.230 e. The van der Waals surface area contributed by atoms with Gasteiger partial charge >= 0.3 is 0 Å². The van der Waals surface area contributed by atoms with E-state index in [1.54, 1.807) is 12.3 Å². The first-order valence-corrected chi connectivity index (χ1v) is 3.68. The van der Waals surface area contributed by atoms with E-state index in [1.165, 1.54) is 0 Å². The summed E-state index contributed by atoms with van der Waals surface area (Å²) in [7, 11) is 0. The first kappa shape index (κ1) is 7.24. The van der Waals surface area contributed by atoms with Crippen LogP contribution in [0.1, 0.15) is 11.1 Å². The lowest BCUT2D eigenvalue weighted by molar-refractivity contribution is -0.115. The van der Waals surface area contributed by atoms with Gasteiger partial charge in [0.1, 0.15) is 5.82 Å². The highest BCUT2D eigenvalue weighted by molar-refractivity contribution is 5.97. The number of nitrogens with one attached hydrogen (secondary N) is 1. The standard InChI is InChI=1S/C8H8N2O2/c11-4-5-1-6-2-7(12)10-8(6)9-3-5/h1,3,11H,2,4H2,(H,9,10,12). The summed E-state index contributed by atoms with van der Waals surface area (Å²) in [6.45, 7) is -0.0333. The summed E-state index contributed by atoms with van der Waals surface area (Å²) in [5.74, 6) is 0.588. The summed E-state index contributed by atoms with van der Waals surface area (Å²) in [5, 5.41) is 11.4. The molecule has 0 bridgehead atoms. The Morgan fingerprint density at radius 2 is 2.50 bits per heavy atom. The molecule has 2 N–H and O–H groups in total. The van der Waals surface area contributed by atoms with E-state index < -0.39 is 0 Å². The van der Waals surface area contributed by atoms with E-state index in [0.29, 0.717) is 12.2 Å². The highest BCUT2D eigenvalue weighted by Crippen LogP contribution is 2.20. The summed E-state index contributed by atoms with van der Waals surface area (Å²) >= 11 is 0. The van der Waals surface area contributed by atoms with E-state index in [4.69, 9.17) is 5.11 Å². The van der Waals surface area contributed by atoms with Crippen molar-refractivity contribution in [2.75, 3.05) is 5.32 Å². The second-order valence-corrected chi connectivity index (χ2v) is 2.73. The fourth-order valence-corrected chi connectivity index (χ4v) is 1.24. The van der Waals surface area contributed by atoms with Crippen molar-refractivity contribution in [2.24, 2.45) is 0 Å². The Hall–Kier alpha value is -1.42. The number of amides is 1. The molecule has 4 nitrogen and oxygen atoms in total. The van der Waals surface area contributed by atoms with E-state index in [1.807, 2.05) is 0 Å². The number of hydrogen-bond acceptors (Lipinski definition) is 3. The number of carbonyl (C=O) groups is 1. The highest BCUT2D eigenvalue weighted by atomic mass is 16.3. The maximum absolute atomic E-state index is 10.9. The van der Waals surface area contributed by atoms with Crippen LogP contribution < -0.4 is 5.32 Å². The minimum absolute atomic E-state index is 0.0333. The number of aromatic nitrogens is 1. The molecule has 0 spiro atoms. The minimum Gasteiger partial charge on any atom is -0.392 e. The molecule has 1 aliphatic heterocycles. The first-order valence-electron chi connectivity index (χ1n) is 3.68. The van der Waals surface area contributed by atoms with Crippen LogP contribution >= 0.6 is 0 Å². The second-order valence-electron chi connectivity index (χ2n) is 2.73. The normalized spacial score (nSPS) is 14.2. The lowest BCUT2D eigenvalue weighted by Gasteiger charge is -1.98. The summed E-state index contributed by atoms with van der Waals surface area (Å²) in [4.78, 5) is 14.9. The van der Waals surface area contributed by atoms with Crippen LogP contribution in [-0.2, 0) is 17.8 Å². The van der Waals surface area contributed by atoms with Gasteiger partial charge in [0.05, 0.1) is 13.0 Å². The highest BCUT2D eigenvalue weighted by Gasteiger charge is 2.18. The molecule has 1 aliphatic rings. The third-order valence-electron chi connectivity index (χ3n) is 1.81. The quantitative estimate of drug-likeness (QED) is 0.617. The number of pyridine rings is 1. The molecule has 0 radical (unpaired) electrons. The molecule has 4 heteroatoms. The maximum Gasteiger partial charge on any atom is 0.230 e. The fourth-order valence-electron chi connectivity index (χ4n) is 1.24. The molecule has 0 atom stereocenters. The van der Waals surface area contributed by atoms with Gasteiger partial charge in [-0.05, 0) is 11.6 Å². The number of anilines is 1. The molecule has 0 aliphatic carbocycles. The van der Waals surface area contributed by atoms with E-state index in [2.05, 4.69) is 10.3 Å². The van der Waals surface area contributed by atoms with Gasteiger partial charge in [0.2, 0.25) is 5.91 Å².